The third kappa shape index (κ3) is 5.23. The minimum absolute atomic E-state index is 0.00327. The Morgan fingerprint density at radius 2 is 1.93 bits per heavy atom. The first-order valence-electron chi connectivity index (χ1n) is 7.55. The third-order valence-electron chi connectivity index (χ3n) is 3.34. The fraction of sp³-hybridized carbons (Fsp3) is 0.125. The van der Waals surface area contributed by atoms with Crippen LogP contribution in [0.2, 0.25) is 0 Å². The van der Waals surface area contributed by atoms with Crippen molar-refractivity contribution in [3.8, 4) is 11.5 Å². The normalized spacial score (nSPS) is 10.6. The molecule has 0 saturated heterocycles. The topological polar surface area (TPSA) is 157 Å². The summed E-state index contributed by atoms with van der Waals surface area (Å²) in [5.74, 6) is -1.41. The number of nitro groups is 2. The molecule has 12 heteroatoms. The highest BCUT2D eigenvalue weighted by Crippen LogP contribution is 2.32. The molecule has 2 rings (SSSR count). The molecule has 0 saturated carbocycles. The van der Waals surface area contributed by atoms with Crippen molar-refractivity contribution in [3.63, 3.8) is 0 Å². The summed E-state index contributed by atoms with van der Waals surface area (Å²) in [7, 11) is 0. The highest BCUT2D eigenvalue weighted by Gasteiger charge is 2.18. The van der Waals surface area contributed by atoms with Crippen molar-refractivity contribution in [1.82, 2.24) is 5.43 Å². The standard InChI is InChI=1S/C16H13BrN4O7/c1-9-2-3-14(12(4-9)20(24)25)28-8-15(22)19-18-7-10-5-11(17)6-13(16(10)23)21(26)27/h2-7,23H,8H2,1H3,(H,19,22)/b18-7-. The first-order valence-corrected chi connectivity index (χ1v) is 8.35. The molecule has 0 spiro atoms. The van der Waals surface area contributed by atoms with E-state index in [0.29, 0.717) is 10.0 Å². The van der Waals surface area contributed by atoms with Gasteiger partial charge in [0.2, 0.25) is 5.75 Å². The largest absolute Gasteiger partial charge is 0.502 e. The number of ether oxygens (including phenoxy) is 1. The Kier molecular flexibility index (Phi) is 6.60. The number of hydrazone groups is 1. The number of aryl methyl sites for hydroxylation is 1. The zero-order chi connectivity index (χ0) is 20.8. The monoisotopic (exact) mass is 452 g/mol. The maximum absolute atomic E-state index is 11.8. The molecule has 0 aliphatic carbocycles. The summed E-state index contributed by atoms with van der Waals surface area (Å²) >= 11 is 3.07. The number of nitrogens with one attached hydrogen (secondary N) is 1. The van der Waals surface area contributed by atoms with Crippen molar-refractivity contribution in [2.45, 2.75) is 6.92 Å². The van der Waals surface area contributed by atoms with Gasteiger partial charge < -0.3 is 9.84 Å². The number of nitrogens with zero attached hydrogens (tertiary/aromatic N) is 3. The minimum Gasteiger partial charge on any atom is -0.502 e. The molecule has 0 aromatic heterocycles. The summed E-state index contributed by atoms with van der Waals surface area (Å²) in [5, 5.41) is 35.3. The number of hydrogen-bond donors (Lipinski definition) is 2. The van der Waals surface area contributed by atoms with Gasteiger partial charge in [0.15, 0.2) is 12.4 Å². The van der Waals surface area contributed by atoms with E-state index in [1.54, 1.807) is 13.0 Å². The Bertz CT molecular complexity index is 978. The van der Waals surface area contributed by atoms with Gasteiger partial charge in [0.05, 0.1) is 16.1 Å². The van der Waals surface area contributed by atoms with Crippen molar-refractivity contribution in [2.75, 3.05) is 6.61 Å². The number of aromatic hydroxyl groups is 1. The van der Waals surface area contributed by atoms with Crippen LogP contribution in [0.3, 0.4) is 0 Å². The predicted octanol–water partition coefficient (Wildman–Crippen LogP) is 2.81. The zero-order valence-corrected chi connectivity index (χ0v) is 15.9. The van der Waals surface area contributed by atoms with Gasteiger partial charge in [0, 0.05) is 22.2 Å². The van der Waals surface area contributed by atoms with E-state index in [9.17, 15) is 30.1 Å². The molecule has 2 aromatic rings. The lowest BCUT2D eigenvalue weighted by atomic mass is 10.2. The van der Waals surface area contributed by atoms with Crippen LogP contribution in [0.25, 0.3) is 0 Å². The molecule has 0 bridgehead atoms. The van der Waals surface area contributed by atoms with E-state index in [4.69, 9.17) is 4.74 Å². The number of carbonyl (C=O) groups is 1. The molecule has 0 unspecified atom stereocenters. The molecule has 11 nitrogen and oxygen atoms in total. The zero-order valence-electron chi connectivity index (χ0n) is 14.3. The van der Waals surface area contributed by atoms with E-state index in [1.165, 1.54) is 18.2 Å². The van der Waals surface area contributed by atoms with E-state index in [2.05, 4.69) is 26.5 Å². The van der Waals surface area contributed by atoms with Gasteiger partial charge in [-0.15, -0.1) is 0 Å². The molecule has 0 aliphatic heterocycles. The van der Waals surface area contributed by atoms with Crippen molar-refractivity contribution in [1.29, 1.82) is 0 Å². The molecule has 0 fully saturated rings. The number of carbonyl (C=O) groups excluding carboxylic acids is 1. The number of phenols is 1. The van der Waals surface area contributed by atoms with Gasteiger partial charge in [-0.25, -0.2) is 5.43 Å². The molecule has 28 heavy (non-hydrogen) atoms. The molecule has 0 aliphatic rings. The van der Waals surface area contributed by atoms with Crippen molar-refractivity contribution in [3.05, 3.63) is 66.2 Å². The van der Waals surface area contributed by atoms with E-state index in [-0.39, 0.29) is 17.0 Å². The second kappa shape index (κ2) is 8.90. The van der Waals surface area contributed by atoms with Crippen LogP contribution >= 0.6 is 15.9 Å². The number of hydrogen-bond acceptors (Lipinski definition) is 8. The molecule has 2 aromatic carbocycles. The van der Waals surface area contributed by atoms with Gasteiger partial charge in [-0.05, 0) is 24.6 Å². The minimum atomic E-state index is -0.766. The Hall–Kier alpha value is -3.54. The highest BCUT2D eigenvalue weighted by molar-refractivity contribution is 9.10. The molecule has 0 heterocycles. The number of halogens is 1. The van der Waals surface area contributed by atoms with Crippen LogP contribution < -0.4 is 10.2 Å². The molecule has 1 amide bonds. The number of phenolic OH excluding ortho intramolecular Hbond substituents is 1. The lowest BCUT2D eigenvalue weighted by Crippen LogP contribution is -2.24. The summed E-state index contributed by atoms with van der Waals surface area (Å²) in [6.45, 7) is 1.13. The molecular weight excluding hydrogens is 440 g/mol. The van der Waals surface area contributed by atoms with Gasteiger partial charge in [-0.1, -0.05) is 22.0 Å². The van der Waals surface area contributed by atoms with Crippen LogP contribution in [0.4, 0.5) is 11.4 Å². The van der Waals surface area contributed by atoms with E-state index < -0.39 is 33.8 Å². The van der Waals surface area contributed by atoms with E-state index in [0.717, 1.165) is 12.3 Å². The third-order valence-corrected chi connectivity index (χ3v) is 3.80. The Morgan fingerprint density at radius 3 is 2.57 bits per heavy atom. The van der Waals surface area contributed by atoms with Crippen molar-refractivity contribution < 1.29 is 24.5 Å². The van der Waals surface area contributed by atoms with E-state index in [1.807, 2.05) is 0 Å². The Balaban J connectivity index is 2.02. The van der Waals surface area contributed by atoms with Crippen LogP contribution in [0, 0.1) is 27.2 Å². The van der Waals surface area contributed by atoms with E-state index >= 15 is 0 Å². The first-order chi connectivity index (χ1) is 13.2. The summed E-state index contributed by atoms with van der Waals surface area (Å²) in [4.78, 5) is 32.3. The summed E-state index contributed by atoms with van der Waals surface area (Å²) in [5.41, 5.74) is 1.95. The quantitative estimate of drug-likeness (QED) is 0.371. The SMILES string of the molecule is Cc1ccc(OCC(=O)N/N=C\c2cc(Br)cc([N+](=O)[O-])c2O)c([N+](=O)[O-])c1. The fourth-order valence-corrected chi connectivity index (χ4v) is 2.55. The van der Waals surface area contributed by atoms with Crippen LogP contribution in [0.5, 0.6) is 11.5 Å². The average molecular weight is 453 g/mol. The maximum Gasteiger partial charge on any atom is 0.312 e. The maximum atomic E-state index is 11.8. The highest BCUT2D eigenvalue weighted by atomic mass is 79.9. The predicted molar refractivity (Wildman–Crippen MR) is 102 cm³/mol. The fourth-order valence-electron chi connectivity index (χ4n) is 2.08. The van der Waals surface area contributed by atoms with Gasteiger partial charge in [0.1, 0.15) is 0 Å². The number of rotatable bonds is 7. The molecule has 146 valence electrons. The number of nitro benzene ring substituents is 2. The second-order valence-corrected chi connectivity index (χ2v) is 6.35. The van der Waals surface area contributed by atoms with Crippen molar-refractivity contribution in [2.24, 2.45) is 5.10 Å². The molecular formula is C16H13BrN4O7. The lowest BCUT2D eigenvalue weighted by molar-refractivity contribution is -0.386. The van der Waals surface area contributed by atoms with Gasteiger partial charge >= 0.3 is 11.4 Å². The molecule has 2 N–H and O–H groups in total. The lowest BCUT2D eigenvalue weighted by Gasteiger charge is -2.06. The van der Waals surface area contributed by atoms with Crippen LogP contribution in [-0.2, 0) is 4.79 Å². The van der Waals surface area contributed by atoms with Crippen LogP contribution in [-0.4, -0.2) is 33.7 Å². The van der Waals surface area contributed by atoms with Gasteiger partial charge in [-0.3, -0.25) is 25.0 Å². The Labute approximate surface area is 166 Å². The van der Waals surface area contributed by atoms with Gasteiger partial charge in [0.25, 0.3) is 5.91 Å². The summed E-state index contributed by atoms with van der Waals surface area (Å²) in [6, 6.07) is 6.77. The second-order valence-electron chi connectivity index (χ2n) is 5.43. The van der Waals surface area contributed by atoms with Crippen LogP contribution in [0.15, 0.2) is 39.9 Å². The van der Waals surface area contributed by atoms with Crippen LogP contribution in [0.1, 0.15) is 11.1 Å². The molecule has 0 atom stereocenters. The average Bonchev–Trinajstić information content (AvgIpc) is 2.62. The first kappa shape index (κ1) is 20.8. The summed E-state index contributed by atoms with van der Waals surface area (Å²) in [6.07, 6.45) is 1.01. The van der Waals surface area contributed by atoms with Crippen molar-refractivity contribution >= 4 is 39.4 Å². The summed E-state index contributed by atoms with van der Waals surface area (Å²) < 4.78 is 5.47. The molecule has 0 radical (unpaired) electrons. The van der Waals surface area contributed by atoms with Gasteiger partial charge in [-0.2, -0.15) is 5.10 Å². The smallest absolute Gasteiger partial charge is 0.312 e. The number of benzene rings is 2. The number of amides is 1. The Morgan fingerprint density at radius 1 is 1.25 bits per heavy atom.